The molecule has 1 aliphatic heterocycles. The largest absolute Gasteiger partial charge is 0.369 e. The van der Waals surface area contributed by atoms with Crippen LogP contribution >= 0.6 is 0 Å². The highest BCUT2D eigenvalue weighted by Gasteiger charge is 2.22. The fourth-order valence-corrected chi connectivity index (χ4v) is 3.39. The Morgan fingerprint density at radius 2 is 2.04 bits per heavy atom. The van der Waals surface area contributed by atoms with E-state index in [-0.39, 0.29) is 11.6 Å². The summed E-state index contributed by atoms with van der Waals surface area (Å²) >= 11 is 0. The quantitative estimate of drug-likeness (QED) is 0.231. The van der Waals surface area contributed by atoms with Crippen LogP contribution in [0.3, 0.4) is 0 Å². The molecule has 0 bridgehead atoms. The van der Waals surface area contributed by atoms with Gasteiger partial charge in [0, 0.05) is 25.1 Å². The van der Waals surface area contributed by atoms with Crippen molar-refractivity contribution in [3.63, 3.8) is 0 Å². The van der Waals surface area contributed by atoms with Gasteiger partial charge in [0.25, 0.3) is 0 Å². The molecule has 0 aromatic heterocycles. The van der Waals surface area contributed by atoms with E-state index >= 15 is 0 Å². The number of ketones is 1. The van der Waals surface area contributed by atoms with Crippen molar-refractivity contribution < 1.29 is 9.18 Å². The molecule has 0 atom stereocenters. The van der Waals surface area contributed by atoms with Gasteiger partial charge in [-0.15, -0.1) is 0 Å². The maximum atomic E-state index is 12.9. The molecule has 28 heavy (non-hydrogen) atoms. The van der Waals surface area contributed by atoms with Crippen LogP contribution in [0.5, 0.6) is 0 Å². The highest BCUT2D eigenvalue weighted by molar-refractivity contribution is 5.95. The summed E-state index contributed by atoms with van der Waals surface area (Å²) in [5.74, 6) is 0.465. The van der Waals surface area contributed by atoms with Crippen molar-refractivity contribution in [2.24, 2.45) is 16.6 Å². The number of guanidine groups is 1. The molecule has 2 rings (SSSR count). The van der Waals surface area contributed by atoms with Crippen LogP contribution in [-0.2, 0) is 0 Å². The first-order chi connectivity index (χ1) is 13.5. The molecule has 0 saturated carbocycles. The van der Waals surface area contributed by atoms with Crippen LogP contribution in [0.25, 0.3) is 0 Å². The summed E-state index contributed by atoms with van der Waals surface area (Å²) in [6.45, 7) is 6.07. The van der Waals surface area contributed by atoms with Crippen molar-refractivity contribution in [3.05, 3.63) is 35.6 Å². The normalized spacial score (nSPS) is 16.0. The molecule has 0 unspecified atom stereocenters. The fraction of sp³-hybridized carbons (Fsp3) is 0.571. The summed E-state index contributed by atoms with van der Waals surface area (Å²) in [5, 5.41) is 9.31. The van der Waals surface area contributed by atoms with Gasteiger partial charge in [0.15, 0.2) is 12.0 Å². The van der Waals surface area contributed by atoms with E-state index in [4.69, 9.17) is 5.73 Å². The zero-order valence-electron chi connectivity index (χ0n) is 16.6. The first-order valence-corrected chi connectivity index (χ1v) is 10.0. The number of nitrogens with zero attached hydrogens (tertiary/aromatic N) is 4. The SMILES string of the molecule is CCCN=C(N)N(C#N)CC1CCN(CCCC(=O)c2ccc(F)cc2)CC1. The van der Waals surface area contributed by atoms with Gasteiger partial charge >= 0.3 is 0 Å². The maximum Gasteiger partial charge on any atom is 0.204 e. The molecule has 0 aliphatic carbocycles. The third kappa shape index (κ3) is 6.93. The molecule has 1 aromatic rings. The number of carbonyl (C=O) groups excluding carboxylic acids is 1. The van der Waals surface area contributed by atoms with E-state index in [1.54, 1.807) is 12.1 Å². The van der Waals surface area contributed by atoms with Crippen LogP contribution in [0.15, 0.2) is 29.3 Å². The molecule has 2 N–H and O–H groups in total. The lowest BCUT2D eigenvalue weighted by atomic mass is 9.96. The Bertz CT molecular complexity index is 690. The number of carbonyl (C=O) groups is 1. The molecule has 1 fully saturated rings. The highest BCUT2D eigenvalue weighted by atomic mass is 19.1. The number of rotatable bonds is 9. The number of Topliss-reactive ketones (excluding diaryl/α,β-unsaturated/α-hetero) is 1. The lowest BCUT2D eigenvalue weighted by Gasteiger charge is -2.33. The Labute approximate surface area is 166 Å². The zero-order chi connectivity index (χ0) is 20.4. The Balaban J connectivity index is 1.68. The predicted molar refractivity (Wildman–Crippen MR) is 108 cm³/mol. The third-order valence-corrected chi connectivity index (χ3v) is 5.09. The molecule has 152 valence electrons. The first-order valence-electron chi connectivity index (χ1n) is 10.0. The number of aliphatic imine (C=N–C) groups is 1. The molecule has 0 spiro atoms. The average molecular weight is 388 g/mol. The molecule has 1 saturated heterocycles. The molecule has 0 radical (unpaired) electrons. The lowest BCUT2D eigenvalue weighted by molar-refractivity contribution is 0.0969. The van der Waals surface area contributed by atoms with Crippen molar-refractivity contribution >= 4 is 11.7 Å². The topological polar surface area (TPSA) is 85.7 Å². The Kier molecular flexibility index (Phi) is 8.89. The zero-order valence-corrected chi connectivity index (χ0v) is 16.6. The van der Waals surface area contributed by atoms with Crippen molar-refractivity contribution in [2.75, 3.05) is 32.7 Å². The number of benzene rings is 1. The standard InChI is InChI=1S/C21H30FN5O/c1-2-11-25-21(24)27(16-23)15-17-9-13-26(14-10-17)12-3-4-20(28)18-5-7-19(22)8-6-18/h5-8,17H,2-4,9-15H2,1H3,(H2,24,25). The number of nitrogens with two attached hydrogens (primary N) is 1. The Morgan fingerprint density at radius 3 is 2.64 bits per heavy atom. The monoisotopic (exact) mass is 387 g/mol. The summed E-state index contributed by atoms with van der Waals surface area (Å²) in [5.41, 5.74) is 6.47. The summed E-state index contributed by atoms with van der Waals surface area (Å²) < 4.78 is 12.9. The van der Waals surface area contributed by atoms with Crippen LogP contribution in [0.4, 0.5) is 4.39 Å². The van der Waals surface area contributed by atoms with E-state index < -0.39 is 0 Å². The van der Waals surface area contributed by atoms with Crippen molar-refractivity contribution in [3.8, 4) is 6.19 Å². The summed E-state index contributed by atoms with van der Waals surface area (Å²) in [6.07, 6.45) is 6.32. The smallest absolute Gasteiger partial charge is 0.204 e. The number of hydrogen-bond donors (Lipinski definition) is 1. The minimum Gasteiger partial charge on any atom is -0.369 e. The van der Waals surface area contributed by atoms with Crippen LogP contribution in [0.2, 0.25) is 0 Å². The highest BCUT2D eigenvalue weighted by Crippen LogP contribution is 2.19. The molecule has 1 heterocycles. The van der Waals surface area contributed by atoms with Gasteiger partial charge in [-0.2, -0.15) is 5.26 Å². The second-order valence-corrected chi connectivity index (χ2v) is 7.27. The van der Waals surface area contributed by atoms with E-state index in [0.29, 0.717) is 37.0 Å². The Morgan fingerprint density at radius 1 is 1.36 bits per heavy atom. The second-order valence-electron chi connectivity index (χ2n) is 7.27. The number of hydrogen-bond acceptors (Lipinski definition) is 4. The maximum absolute atomic E-state index is 12.9. The molecule has 1 aliphatic rings. The first kappa shape index (κ1) is 21.8. The summed E-state index contributed by atoms with van der Waals surface area (Å²) in [4.78, 5) is 20.2. The van der Waals surface area contributed by atoms with Crippen LogP contribution < -0.4 is 5.73 Å². The van der Waals surface area contributed by atoms with Gasteiger partial charge in [-0.3, -0.25) is 9.79 Å². The number of nitriles is 1. The number of halogens is 1. The van der Waals surface area contributed by atoms with Gasteiger partial charge in [-0.25, -0.2) is 9.29 Å². The van der Waals surface area contributed by atoms with E-state index in [1.165, 1.54) is 17.0 Å². The van der Waals surface area contributed by atoms with Crippen LogP contribution in [-0.4, -0.2) is 54.3 Å². The molecule has 1 aromatic carbocycles. The molecular formula is C21H30FN5O. The Hall–Kier alpha value is -2.46. The molecule has 0 amide bonds. The van der Waals surface area contributed by atoms with E-state index in [2.05, 4.69) is 16.1 Å². The van der Waals surface area contributed by atoms with Gasteiger partial charge in [0.1, 0.15) is 5.82 Å². The molecule has 7 heteroatoms. The van der Waals surface area contributed by atoms with Crippen molar-refractivity contribution in [2.45, 2.75) is 39.0 Å². The molecular weight excluding hydrogens is 357 g/mol. The second kappa shape index (κ2) is 11.4. The van der Waals surface area contributed by atoms with E-state index in [9.17, 15) is 14.4 Å². The predicted octanol–water partition coefficient (Wildman–Crippen LogP) is 3.01. The fourth-order valence-electron chi connectivity index (χ4n) is 3.39. The van der Waals surface area contributed by atoms with Gasteiger partial charge in [0.05, 0.1) is 0 Å². The van der Waals surface area contributed by atoms with Crippen LogP contribution in [0.1, 0.15) is 49.4 Å². The van der Waals surface area contributed by atoms with Crippen molar-refractivity contribution in [1.29, 1.82) is 5.26 Å². The third-order valence-electron chi connectivity index (χ3n) is 5.09. The number of likely N-dealkylation sites (tertiary alicyclic amines) is 1. The molecule has 6 nitrogen and oxygen atoms in total. The van der Waals surface area contributed by atoms with E-state index in [0.717, 1.165) is 45.3 Å². The lowest BCUT2D eigenvalue weighted by Crippen LogP contribution is -2.41. The van der Waals surface area contributed by atoms with Crippen LogP contribution in [0, 0.1) is 23.2 Å². The summed E-state index contributed by atoms with van der Waals surface area (Å²) in [6, 6.07) is 5.73. The minimum atomic E-state index is -0.326. The van der Waals surface area contributed by atoms with Gasteiger partial charge < -0.3 is 10.6 Å². The average Bonchev–Trinajstić information content (AvgIpc) is 2.71. The number of piperidine rings is 1. The minimum absolute atomic E-state index is 0.0568. The van der Waals surface area contributed by atoms with Gasteiger partial charge in [-0.1, -0.05) is 6.92 Å². The van der Waals surface area contributed by atoms with E-state index in [1.807, 2.05) is 6.92 Å². The summed E-state index contributed by atoms with van der Waals surface area (Å²) in [7, 11) is 0. The van der Waals surface area contributed by atoms with Crippen molar-refractivity contribution in [1.82, 2.24) is 9.80 Å². The van der Waals surface area contributed by atoms with Gasteiger partial charge in [0.2, 0.25) is 5.96 Å². The van der Waals surface area contributed by atoms with Gasteiger partial charge in [-0.05, 0) is 75.5 Å².